The van der Waals surface area contributed by atoms with Crippen molar-refractivity contribution in [1.29, 1.82) is 0 Å². The third-order valence-corrected chi connectivity index (χ3v) is 12.2. The number of carbonyl (C=O) groups excluding carboxylic acids is 1. The topological polar surface area (TPSA) is 230 Å². The van der Waals surface area contributed by atoms with Crippen LogP contribution in [0.15, 0.2) is 183 Å². The van der Waals surface area contributed by atoms with E-state index in [1.54, 1.807) is 62.5 Å². The van der Waals surface area contributed by atoms with E-state index in [9.17, 15) is 23.5 Å². The number of imidazole rings is 3. The van der Waals surface area contributed by atoms with Crippen molar-refractivity contribution >= 4 is 34.6 Å². The quantitative estimate of drug-likeness (QED) is 0.0960. The van der Waals surface area contributed by atoms with E-state index in [0.717, 1.165) is 84.6 Å². The van der Waals surface area contributed by atoms with Gasteiger partial charge in [-0.15, -0.1) is 0 Å². The number of alkyl halides is 2. The molecule has 0 saturated carbocycles. The van der Waals surface area contributed by atoms with Crippen LogP contribution >= 0.6 is 0 Å². The van der Waals surface area contributed by atoms with Gasteiger partial charge in [0.05, 0.1) is 65.5 Å². The number of aromatic nitrogens is 12. The molecule has 0 aliphatic carbocycles. The van der Waals surface area contributed by atoms with Gasteiger partial charge in [-0.3, -0.25) is 43.5 Å². The Balaban J connectivity index is 0.000000222. The fraction of sp³-hybridized carbons (Fsp3) is 0.129. The first-order chi connectivity index (χ1) is 37.9. The van der Waals surface area contributed by atoms with E-state index in [1.165, 1.54) is 12.4 Å². The molecule has 3 N–H and O–H groups in total. The zero-order chi connectivity index (χ0) is 54.3. The summed E-state index contributed by atoms with van der Waals surface area (Å²) in [7, 11) is 0. The van der Waals surface area contributed by atoms with E-state index < -0.39 is 24.8 Å². The van der Waals surface area contributed by atoms with Crippen molar-refractivity contribution in [3.05, 3.63) is 223 Å². The van der Waals surface area contributed by atoms with Crippen LogP contribution in [0, 0.1) is 27.3 Å². The normalized spacial score (nSPS) is 10.3. The molecule has 0 aromatic carbocycles. The van der Waals surface area contributed by atoms with Gasteiger partial charge in [0, 0.05) is 87.5 Å². The maximum Gasteiger partial charge on any atom is 1.00 e. The molecule has 21 heteroatoms. The summed E-state index contributed by atoms with van der Waals surface area (Å²) in [4.78, 5) is 66.9. The Bertz CT molecular complexity index is 4250. The van der Waals surface area contributed by atoms with E-state index in [1.807, 2.05) is 142 Å². The van der Waals surface area contributed by atoms with Gasteiger partial charge in [0.25, 0.3) is 18.2 Å². The Labute approximate surface area is 490 Å². The number of aromatic carboxylic acids is 1. The van der Waals surface area contributed by atoms with E-state index in [0.29, 0.717) is 22.8 Å². The predicted octanol–water partition coefficient (Wildman–Crippen LogP) is 10.3. The number of amides is 1. The van der Waals surface area contributed by atoms with Gasteiger partial charge in [-0.1, -0.05) is 65.3 Å². The standard InChI is InChI=1S/C21H17F2N5O.C19H13N5.C19H14N4O2.3CH4.Li.H2O/c1-13-4-2-6-16(27-13)20-15(5-3-9-24-20)14-7-8-19-25-10-17(28(19)12-14)21(29)26-11-18(22)23;1-13-5-3-7-16(23-13)19-15(6-4-10-21-19)14-8-9-17-22-11-18(20-2)24(17)12-14;1-12-4-2-6-15(22-12)18-14(5-3-9-20-18)13-7-8-17-21-10-16(19(24)25)23(17)11-13;;;;;/h2-10,12,18H,11H2,1H3,(H,26,29);3-12H,1H3;2-11H,1H3,(H,24,25);3*1H4;;1H2/q;;;;;;+1;/p-1. The molecule has 0 aliphatic heterocycles. The summed E-state index contributed by atoms with van der Waals surface area (Å²) in [5.74, 6) is -1.14. The van der Waals surface area contributed by atoms with E-state index in [4.69, 9.17) is 6.57 Å². The zero-order valence-corrected chi connectivity index (χ0v) is 43.4. The number of carbonyl (C=O) groups is 2. The van der Waals surface area contributed by atoms with Crippen LogP contribution in [0.1, 0.15) is 60.3 Å². The van der Waals surface area contributed by atoms with Crippen molar-refractivity contribution < 1.29 is 47.8 Å². The summed E-state index contributed by atoms with van der Waals surface area (Å²) in [6.45, 7) is 12.4. The van der Waals surface area contributed by atoms with E-state index in [2.05, 4.69) is 55.0 Å². The minimum absolute atomic E-state index is 0. The summed E-state index contributed by atoms with van der Waals surface area (Å²) in [6, 6.07) is 40.1. The number of hydrogen-bond acceptors (Lipinski definition) is 12. The molecule has 18 nitrogen and oxygen atoms in total. The number of nitrogens with one attached hydrogen (secondary N) is 1. The molecule has 12 aromatic rings. The van der Waals surface area contributed by atoms with Crippen LogP contribution in [0.4, 0.5) is 14.6 Å². The second-order valence-electron chi connectivity index (χ2n) is 17.6. The van der Waals surface area contributed by atoms with Gasteiger partial charge < -0.3 is 20.7 Å². The van der Waals surface area contributed by atoms with Crippen LogP contribution < -0.4 is 24.2 Å². The number of carboxylic acids is 1. The van der Waals surface area contributed by atoms with Crippen LogP contribution in [0.25, 0.3) is 89.3 Å². The van der Waals surface area contributed by atoms with Crippen LogP contribution in [0.5, 0.6) is 0 Å². The number of hydrogen-bond donors (Lipinski definition) is 2. The van der Waals surface area contributed by atoms with Crippen molar-refractivity contribution in [3.8, 4) is 67.5 Å². The first kappa shape index (κ1) is 63.6. The summed E-state index contributed by atoms with van der Waals surface area (Å²) in [5, 5.41) is 11.5. The van der Waals surface area contributed by atoms with Gasteiger partial charge in [-0.05, 0) is 106 Å². The predicted molar refractivity (Wildman–Crippen MR) is 313 cm³/mol. The molecular weight excluding hydrogens is 1050 g/mol. The van der Waals surface area contributed by atoms with Gasteiger partial charge in [0.1, 0.15) is 17.0 Å². The van der Waals surface area contributed by atoms with Gasteiger partial charge in [0.15, 0.2) is 5.69 Å². The largest absolute Gasteiger partial charge is 1.00 e. The van der Waals surface area contributed by atoms with Crippen molar-refractivity contribution in [2.24, 2.45) is 0 Å². The number of halogens is 2. The molecule has 83 heavy (non-hydrogen) atoms. The maximum absolute atomic E-state index is 12.4. The Hall–Kier alpha value is -10.2. The average Bonchev–Trinajstić information content (AvgIpc) is 3.80. The fourth-order valence-corrected chi connectivity index (χ4v) is 8.63. The molecule has 0 spiro atoms. The van der Waals surface area contributed by atoms with Crippen molar-refractivity contribution in [2.75, 3.05) is 6.54 Å². The Morgan fingerprint density at radius 2 is 0.904 bits per heavy atom. The Kier molecular flexibility index (Phi) is 21.7. The first-order valence-corrected chi connectivity index (χ1v) is 24.2. The molecule has 12 aromatic heterocycles. The Morgan fingerprint density at radius 3 is 1.29 bits per heavy atom. The molecule has 1 amide bonds. The fourth-order valence-electron chi connectivity index (χ4n) is 8.63. The number of pyridine rings is 9. The molecule has 0 aliphatic rings. The second-order valence-corrected chi connectivity index (χ2v) is 17.6. The molecule has 0 radical (unpaired) electrons. The smallest absolute Gasteiger partial charge is 0.870 e. The molecule has 12 heterocycles. The third kappa shape index (κ3) is 14.1. The van der Waals surface area contributed by atoms with Crippen molar-refractivity contribution in [2.45, 2.75) is 49.5 Å². The average molecular weight is 1110 g/mol. The van der Waals surface area contributed by atoms with Crippen LogP contribution in [-0.4, -0.2) is 93.5 Å². The van der Waals surface area contributed by atoms with Gasteiger partial charge in [-0.25, -0.2) is 32.9 Å². The Morgan fingerprint density at radius 1 is 0.530 bits per heavy atom. The first-order valence-electron chi connectivity index (χ1n) is 24.2. The molecule has 0 bridgehead atoms. The SMILES string of the molecule is C.C.C.Cc1cccc(-c2ncccc2-c2ccc3ncc(C(=O)NCC(F)F)n3c2)n1.Cc1cccc(-c2ncccc2-c2ccc3ncc(C(=O)O)n3c2)n1.[C-]#[N+]c1cnc2ccc(-c3cccnc3-c3cccc(C)n3)cn12.[Li+].[OH-]. The van der Waals surface area contributed by atoms with Crippen LogP contribution in [-0.2, 0) is 0 Å². The number of aryl methyl sites for hydroxylation is 3. The summed E-state index contributed by atoms with van der Waals surface area (Å²) in [5.41, 5.74) is 14.8. The van der Waals surface area contributed by atoms with E-state index in [-0.39, 0.29) is 58.0 Å². The van der Waals surface area contributed by atoms with Gasteiger partial charge in [-0.2, -0.15) is 0 Å². The number of fused-ring (bicyclic) bond motifs is 3. The minimum atomic E-state index is -2.62. The molecule has 0 atom stereocenters. The maximum atomic E-state index is 12.4. The molecule has 12 rings (SSSR count). The molecule has 0 saturated heterocycles. The van der Waals surface area contributed by atoms with Crippen LogP contribution in [0.3, 0.4) is 0 Å². The van der Waals surface area contributed by atoms with Crippen molar-refractivity contribution in [1.82, 2.24) is 63.4 Å². The third-order valence-electron chi connectivity index (χ3n) is 12.2. The summed E-state index contributed by atoms with van der Waals surface area (Å²) in [6.07, 6.45) is 12.3. The monoisotopic (exact) mass is 1110 g/mol. The number of nitrogens with zero attached hydrogens (tertiary/aromatic N) is 13. The van der Waals surface area contributed by atoms with Crippen LogP contribution in [0.2, 0.25) is 0 Å². The van der Waals surface area contributed by atoms with E-state index >= 15 is 0 Å². The molecular formula is C62H57F2LiN14O4. The zero-order valence-electron chi connectivity index (χ0n) is 43.4. The molecule has 0 fully saturated rings. The second kappa shape index (κ2) is 28.3. The molecule has 0 unspecified atom stereocenters. The number of carboxylic acid groups (broad SMARTS) is 1. The van der Waals surface area contributed by atoms with Gasteiger partial charge >= 0.3 is 24.8 Å². The minimum Gasteiger partial charge on any atom is -0.870 e. The molecule has 414 valence electrons. The van der Waals surface area contributed by atoms with Gasteiger partial charge in [0.2, 0.25) is 5.65 Å². The number of rotatable bonds is 10. The van der Waals surface area contributed by atoms with Crippen molar-refractivity contribution in [3.63, 3.8) is 0 Å². The summed E-state index contributed by atoms with van der Waals surface area (Å²) >= 11 is 0. The summed E-state index contributed by atoms with van der Waals surface area (Å²) < 4.78 is 29.8.